The van der Waals surface area contributed by atoms with Gasteiger partial charge in [-0.2, -0.15) is 0 Å². The molecular weight excluding hydrogens is 420 g/mol. The van der Waals surface area contributed by atoms with Gasteiger partial charge in [-0.25, -0.2) is 0 Å². The van der Waals surface area contributed by atoms with Crippen LogP contribution < -0.4 is 0 Å². The maximum absolute atomic E-state index is 12.7. The van der Waals surface area contributed by atoms with Crippen LogP contribution >= 0.6 is 0 Å². The van der Waals surface area contributed by atoms with Gasteiger partial charge in [-0.3, -0.25) is 9.69 Å². The van der Waals surface area contributed by atoms with E-state index in [2.05, 4.69) is 69.9 Å². The van der Waals surface area contributed by atoms with E-state index in [0.29, 0.717) is 13.1 Å². The summed E-state index contributed by atoms with van der Waals surface area (Å²) in [7, 11) is 0. The second kappa shape index (κ2) is 11.5. The van der Waals surface area contributed by atoms with E-state index in [4.69, 9.17) is 0 Å². The standard InChI is InChI=1S/C30H44N2O2/c1-8-21(4)10-9-11-25-12-13-26-19-22(5)18-23(6)27(26)28(24(25)7)31-14-16-32(17-15-31)30(34)29(33)20(2)3/h9-11,18-20,28-29,33H,8,12-17H2,1-7H3/b11-9-,21-10+. The molecule has 2 aliphatic rings. The summed E-state index contributed by atoms with van der Waals surface area (Å²) < 4.78 is 0. The fourth-order valence-corrected chi connectivity index (χ4v) is 5.31. The average molecular weight is 465 g/mol. The smallest absolute Gasteiger partial charge is 0.251 e. The van der Waals surface area contributed by atoms with Crippen LogP contribution in [0.15, 0.2) is 47.1 Å². The van der Waals surface area contributed by atoms with Crippen LogP contribution in [-0.2, 0) is 11.2 Å². The van der Waals surface area contributed by atoms with Crippen molar-refractivity contribution >= 4 is 5.91 Å². The molecule has 186 valence electrons. The van der Waals surface area contributed by atoms with Gasteiger partial charge in [0, 0.05) is 26.2 Å². The van der Waals surface area contributed by atoms with Gasteiger partial charge in [-0.1, -0.05) is 62.3 Å². The summed E-state index contributed by atoms with van der Waals surface area (Å²) in [5.41, 5.74) is 9.83. The number of carbonyl (C=O) groups excluding carboxylic acids is 1. The molecule has 4 nitrogen and oxygen atoms in total. The highest BCUT2D eigenvalue weighted by Gasteiger charge is 2.34. The van der Waals surface area contributed by atoms with Crippen LogP contribution in [0.1, 0.15) is 75.8 Å². The molecule has 1 aromatic rings. The Hall–Kier alpha value is -2.17. The zero-order chi connectivity index (χ0) is 25.0. The Morgan fingerprint density at radius 3 is 2.41 bits per heavy atom. The second-order valence-corrected chi connectivity index (χ2v) is 10.5. The van der Waals surface area contributed by atoms with Crippen molar-refractivity contribution in [3.8, 4) is 0 Å². The maximum atomic E-state index is 12.7. The number of aryl methyl sites for hydroxylation is 3. The number of aliphatic hydroxyl groups is 1. The van der Waals surface area contributed by atoms with E-state index in [1.54, 1.807) is 0 Å². The van der Waals surface area contributed by atoms with Gasteiger partial charge in [-0.15, -0.1) is 0 Å². The van der Waals surface area contributed by atoms with Crippen molar-refractivity contribution in [2.24, 2.45) is 5.92 Å². The SMILES string of the molecule is CC/C(C)=C/C=C\C1=C(C)C(N2CCN(C(=O)C(O)C(C)C)CC2)c2c(C)cc(C)cc2CC1. The van der Waals surface area contributed by atoms with Crippen molar-refractivity contribution in [1.29, 1.82) is 0 Å². The summed E-state index contributed by atoms with van der Waals surface area (Å²) >= 11 is 0. The minimum Gasteiger partial charge on any atom is -0.383 e. The molecule has 1 saturated heterocycles. The zero-order valence-electron chi connectivity index (χ0n) is 22.3. The molecule has 4 heteroatoms. The fraction of sp³-hybridized carbons (Fsp3) is 0.567. The number of nitrogens with zero attached hydrogens (tertiary/aromatic N) is 2. The van der Waals surface area contributed by atoms with Crippen LogP contribution in [0.3, 0.4) is 0 Å². The largest absolute Gasteiger partial charge is 0.383 e. The summed E-state index contributed by atoms with van der Waals surface area (Å²) in [5, 5.41) is 10.3. The van der Waals surface area contributed by atoms with Crippen molar-refractivity contribution in [1.82, 2.24) is 9.80 Å². The molecule has 1 aliphatic heterocycles. The lowest BCUT2D eigenvalue weighted by atomic mass is 9.88. The number of fused-ring (bicyclic) bond motifs is 1. The lowest BCUT2D eigenvalue weighted by Crippen LogP contribution is -2.53. The first kappa shape index (κ1) is 26.4. The molecule has 1 N–H and O–H groups in total. The topological polar surface area (TPSA) is 43.8 Å². The van der Waals surface area contributed by atoms with Gasteiger partial charge in [-0.05, 0) is 80.7 Å². The Labute approximate surface area is 207 Å². The third-order valence-corrected chi connectivity index (χ3v) is 7.58. The molecule has 34 heavy (non-hydrogen) atoms. The molecule has 0 aromatic heterocycles. The van der Waals surface area contributed by atoms with Crippen LogP contribution in [-0.4, -0.2) is 53.1 Å². The molecular formula is C30H44N2O2. The Bertz CT molecular complexity index is 978. The summed E-state index contributed by atoms with van der Waals surface area (Å²) in [5.74, 6) is -0.188. The predicted octanol–water partition coefficient (Wildman–Crippen LogP) is 5.68. The molecule has 1 amide bonds. The Morgan fingerprint density at radius 2 is 1.79 bits per heavy atom. The van der Waals surface area contributed by atoms with Crippen LogP contribution in [0, 0.1) is 19.8 Å². The summed E-state index contributed by atoms with van der Waals surface area (Å²) in [6.45, 7) is 17.9. The van der Waals surface area contributed by atoms with E-state index in [9.17, 15) is 9.90 Å². The molecule has 2 unspecified atom stereocenters. The van der Waals surface area contributed by atoms with E-state index in [-0.39, 0.29) is 17.9 Å². The third kappa shape index (κ3) is 5.90. The van der Waals surface area contributed by atoms with Crippen molar-refractivity contribution in [2.75, 3.05) is 26.2 Å². The lowest BCUT2D eigenvalue weighted by molar-refractivity contribution is -0.144. The van der Waals surface area contributed by atoms with Gasteiger partial charge < -0.3 is 10.0 Å². The first-order valence-electron chi connectivity index (χ1n) is 13.0. The van der Waals surface area contributed by atoms with Crippen molar-refractivity contribution in [3.63, 3.8) is 0 Å². The maximum Gasteiger partial charge on any atom is 0.251 e. The summed E-state index contributed by atoms with van der Waals surface area (Å²) in [4.78, 5) is 17.1. The number of benzene rings is 1. The van der Waals surface area contributed by atoms with Crippen molar-refractivity contribution < 1.29 is 9.90 Å². The van der Waals surface area contributed by atoms with E-state index >= 15 is 0 Å². The fourth-order valence-electron chi connectivity index (χ4n) is 5.31. The van der Waals surface area contributed by atoms with Gasteiger partial charge in [0.05, 0.1) is 6.04 Å². The quantitative estimate of drug-likeness (QED) is 0.551. The Balaban J connectivity index is 1.93. The number of piperazine rings is 1. The molecule has 0 radical (unpaired) electrons. The lowest BCUT2D eigenvalue weighted by Gasteiger charge is -2.41. The number of amides is 1. The number of hydrogen-bond acceptors (Lipinski definition) is 3. The van der Waals surface area contributed by atoms with Gasteiger partial charge in [0.1, 0.15) is 6.10 Å². The average Bonchev–Trinajstić information content (AvgIpc) is 2.94. The van der Waals surface area contributed by atoms with Crippen LogP contribution in [0.25, 0.3) is 0 Å². The monoisotopic (exact) mass is 464 g/mol. The number of aliphatic hydroxyl groups excluding tert-OH is 1. The van der Waals surface area contributed by atoms with Gasteiger partial charge in [0.2, 0.25) is 0 Å². The number of rotatable bonds is 6. The van der Waals surface area contributed by atoms with Gasteiger partial charge >= 0.3 is 0 Å². The minimum atomic E-state index is -0.909. The summed E-state index contributed by atoms with van der Waals surface area (Å²) in [6.07, 6.45) is 9.03. The number of hydrogen-bond donors (Lipinski definition) is 1. The second-order valence-electron chi connectivity index (χ2n) is 10.5. The van der Waals surface area contributed by atoms with E-state index in [1.807, 2.05) is 18.7 Å². The zero-order valence-corrected chi connectivity index (χ0v) is 22.3. The molecule has 1 aromatic carbocycles. The highest BCUT2D eigenvalue weighted by Crippen LogP contribution is 2.40. The van der Waals surface area contributed by atoms with E-state index in [0.717, 1.165) is 32.4 Å². The van der Waals surface area contributed by atoms with Crippen molar-refractivity contribution in [3.05, 3.63) is 69.3 Å². The highest BCUT2D eigenvalue weighted by molar-refractivity contribution is 5.81. The third-order valence-electron chi connectivity index (χ3n) is 7.58. The number of allylic oxidation sites excluding steroid dienone is 5. The normalized spacial score (nSPS) is 21.3. The van der Waals surface area contributed by atoms with Crippen LogP contribution in [0.2, 0.25) is 0 Å². The molecule has 0 bridgehead atoms. The van der Waals surface area contributed by atoms with E-state index < -0.39 is 6.10 Å². The molecule has 0 spiro atoms. The first-order valence-corrected chi connectivity index (χ1v) is 13.0. The van der Waals surface area contributed by atoms with E-state index in [1.165, 1.54) is 39.0 Å². The van der Waals surface area contributed by atoms with Crippen LogP contribution in [0.4, 0.5) is 0 Å². The Kier molecular flexibility index (Phi) is 8.95. The summed E-state index contributed by atoms with van der Waals surface area (Å²) in [6, 6.07) is 4.91. The van der Waals surface area contributed by atoms with Gasteiger partial charge in [0.15, 0.2) is 0 Å². The molecule has 3 rings (SSSR count). The molecule has 2 atom stereocenters. The molecule has 1 aliphatic carbocycles. The van der Waals surface area contributed by atoms with Crippen molar-refractivity contribution in [2.45, 2.75) is 79.9 Å². The molecule has 1 heterocycles. The number of carbonyl (C=O) groups is 1. The van der Waals surface area contributed by atoms with Gasteiger partial charge in [0.25, 0.3) is 5.91 Å². The Morgan fingerprint density at radius 1 is 1.12 bits per heavy atom. The molecule has 1 fully saturated rings. The van der Waals surface area contributed by atoms with Crippen LogP contribution in [0.5, 0.6) is 0 Å². The predicted molar refractivity (Wildman–Crippen MR) is 142 cm³/mol. The molecule has 0 saturated carbocycles. The highest BCUT2D eigenvalue weighted by atomic mass is 16.3. The minimum absolute atomic E-state index is 0.0601. The first-order chi connectivity index (χ1) is 16.1.